The van der Waals surface area contributed by atoms with Gasteiger partial charge in [0.2, 0.25) is 0 Å². The van der Waals surface area contributed by atoms with Crippen molar-refractivity contribution in [1.82, 2.24) is 0 Å². The molecule has 16 nitrogen and oxygen atoms in total. The van der Waals surface area contributed by atoms with Crippen LogP contribution in [-0.2, 0) is 83.6 Å². The number of hydrogen-bond donors (Lipinski definition) is 0. The van der Waals surface area contributed by atoms with E-state index in [0.29, 0.717) is 13.2 Å². The summed E-state index contributed by atoms with van der Waals surface area (Å²) in [6.45, 7) is 6.84. The van der Waals surface area contributed by atoms with Gasteiger partial charge in [0.05, 0.1) is 12.8 Å². The number of rotatable bonds is 20. The zero-order chi connectivity index (χ0) is 33.7. The summed E-state index contributed by atoms with van der Waals surface area (Å²) in [6.07, 6.45) is 1.34. The van der Waals surface area contributed by atoms with Crippen LogP contribution in [0.25, 0.3) is 0 Å². The van der Waals surface area contributed by atoms with Crippen molar-refractivity contribution >= 4 is 58.6 Å². The molecule has 0 aliphatic heterocycles. The average molecular weight is 696 g/mol. The van der Waals surface area contributed by atoms with Gasteiger partial charge >= 0.3 is 26.2 Å². The van der Waals surface area contributed by atoms with Gasteiger partial charge < -0.3 is 49.1 Å². The van der Waals surface area contributed by atoms with Crippen LogP contribution in [0, 0.1) is 0 Å². The second-order valence-corrected chi connectivity index (χ2v) is 8.17. The molecule has 0 aliphatic rings. The van der Waals surface area contributed by atoms with Crippen molar-refractivity contribution in [3.63, 3.8) is 0 Å². The Morgan fingerprint density at radius 1 is 0.512 bits per heavy atom. The molecule has 0 rings (SSSR count). The molecule has 43 heavy (non-hydrogen) atoms. The monoisotopic (exact) mass is 694 g/mol. The maximum atomic E-state index is 10.9. The molecule has 0 aliphatic carbocycles. The zero-order valence-corrected chi connectivity index (χ0v) is 27.0. The molecule has 0 saturated carbocycles. The molecule has 0 unspecified atom stereocenters. The van der Waals surface area contributed by atoms with Crippen LogP contribution in [-0.4, -0.2) is 85.0 Å². The van der Waals surface area contributed by atoms with Crippen molar-refractivity contribution in [2.45, 2.75) is 79.1 Å². The second-order valence-electron chi connectivity index (χ2n) is 8.17. The Morgan fingerprint density at radius 2 is 0.791 bits per heavy atom. The Morgan fingerprint density at radius 3 is 0.953 bits per heavy atom. The van der Waals surface area contributed by atoms with Gasteiger partial charge in [0, 0.05) is 38.0 Å². The number of ether oxygens (including phenoxy) is 2. The van der Waals surface area contributed by atoms with Crippen molar-refractivity contribution < 1.29 is 104 Å². The SMILES string of the molecule is CC(=O)CC(=O)[O-].CC(=O)CC(=O)[O-].CCCCOCC(=O)CC(=O)C(=O)[O-].CCCCOCC(=O)CC(=O)C(=O)[O-].[Zr+4]. The van der Waals surface area contributed by atoms with Gasteiger partial charge in [-0.15, -0.1) is 0 Å². The van der Waals surface area contributed by atoms with Crippen LogP contribution in [0.2, 0.25) is 0 Å². The van der Waals surface area contributed by atoms with E-state index in [0.717, 1.165) is 25.7 Å². The van der Waals surface area contributed by atoms with Crippen molar-refractivity contribution in [2.24, 2.45) is 0 Å². The third kappa shape index (κ3) is 48.7. The molecule has 0 atom stereocenters. The summed E-state index contributed by atoms with van der Waals surface area (Å²) in [7, 11) is 0. The molecule has 0 heterocycles. The van der Waals surface area contributed by atoms with E-state index < -0.39 is 72.7 Å². The number of unbranched alkanes of at least 4 members (excludes halogenated alkanes) is 2. The fourth-order valence-corrected chi connectivity index (χ4v) is 1.88. The number of carbonyl (C=O) groups is 10. The van der Waals surface area contributed by atoms with Crippen molar-refractivity contribution in [3.05, 3.63) is 0 Å². The molecular weight excluding hydrogens is 659 g/mol. The van der Waals surface area contributed by atoms with E-state index in [1.165, 1.54) is 13.8 Å². The Balaban J connectivity index is -0.000000156. The quantitative estimate of drug-likeness (QED) is 0.0660. The summed E-state index contributed by atoms with van der Waals surface area (Å²) in [4.78, 5) is 101. The minimum atomic E-state index is -1.83. The Bertz CT molecular complexity index is 828. The van der Waals surface area contributed by atoms with E-state index in [-0.39, 0.29) is 51.0 Å². The Hall–Kier alpha value is -3.30. The maximum Gasteiger partial charge on any atom is 4.00 e. The predicted octanol–water partition coefficient (Wildman–Crippen LogP) is -4.41. The largest absolute Gasteiger partial charge is 4.00 e. The Kier molecular flexibility index (Phi) is 38.1. The maximum absolute atomic E-state index is 10.9. The van der Waals surface area contributed by atoms with Crippen LogP contribution >= 0.6 is 0 Å². The molecule has 0 fully saturated rings. The van der Waals surface area contributed by atoms with Crippen LogP contribution < -0.4 is 20.4 Å². The summed E-state index contributed by atoms with van der Waals surface area (Å²) in [6, 6.07) is 0. The van der Waals surface area contributed by atoms with Crippen molar-refractivity contribution in [1.29, 1.82) is 0 Å². The molecule has 0 bridgehead atoms. The standard InChI is InChI=1S/2C9H14O5.2C4H6O3.Zr/c2*1-2-3-4-14-6-7(10)5-8(11)9(12)13;2*1-3(5)2-4(6)7;/h2*2-6H2,1H3,(H,12,13);2*2H2,1H3,(H,6,7);/q;;;;+4/p-4. The first-order valence-corrected chi connectivity index (χ1v) is 12.5. The van der Waals surface area contributed by atoms with Gasteiger partial charge in [-0.2, -0.15) is 0 Å². The molecule has 0 aromatic rings. The molecule has 0 amide bonds. The zero-order valence-electron chi connectivity index (χ0n) is 24.5. The van der Waals surface area contributed by atoms with Crippen LogP contribution in [0.1, 0.15) is 79.1 Å². The summed E-state index contributed by atoms with van der Waals surface area (Å²) < 4.78 is 9.80. The number of aliphatic carboxylic acids is 4. The minimum Gasteiger partial charge on any atom is -0.550 e. The van der Waals surface area contributed by atoms with Crippen LogP contribution in [0.4, 0.5) is 0 Å². The van der Waals surface area contributed by atoms with Crippen LogP contribution in [0.5, 0.6) is 0 Å². The van der Waals surface area contributed by atoms with Crippen molar-refractivity contribution in [3.8, 4) is 0 Å². The summed E-state index contributed by atoms with van der Waals surface area (Å²) in [5.74, 6) is -10.5. The average Bonchev–Trinajstić information content (AvgIpc) is 2.84. The molecule has 0 N–H and O–H groups in total. The molecule has 0 aromatic heterocycles. The number of Topliss-reactive ketones (excluding diaryl/α,β-unsaturated/α-hetero) is 6. The minimum absolute atomic E-state index is 0. The number of carbonyl (C=O) groups excluding carboxylic acids is 10. The van der Waals surface area contributed by atoms with E-state index in [2.05, 4.69) is 0 Å². The van der Waals surface area contributed by atoms with E-state index >= 15 is 0 Å². The first kappa shape index (κ1) is 49.4. The predicted molar refractivity (Wildman–Crippen MR) is 131 cm³/mol. The molecule has 0 aromatic carbocycles. The van der Waals surface area contributed by atoms with Gasteiger partial charge in [0.15, 0.2) is 23.1 Å². The molecule has 240 valence electrons. The fourth-order valence-electron chi connectivity index (χ4n) is 1.88. The topological polar surface area (TPSA) is 281 Å². The molecule has 0 radical (unpaired) electrons. The van der Waals surface area contributed by atoms with E-state index in [4.69, 9.17) is 9.47 Å². The number of ketones is 6. The first-order chi connectivity index (χ1) is 19.4. The Labute approximate surface area is 267 Å². The van der Waals surface area contributed by atoms with E-state index in [1.54, 1.807) is 0 Å². The van der Waals surface area contributed by atoms with Gasteiger partial charge in [-0.05, 0) is 26.7 Å². The second kappa shape index (κ2) is 33.2. The first-order valence-electron chi connectivity index (χ1n) is 12.5. The van der Waals surface area contributed by atoms with Gasteiger partial charge in [0.1, 0.15) is 36.7 Å². The third-order valence-corrected chi connectivity index (χ3v) is 3.77. The fraction of sp³-hybridized carbons (Fsp3) is 0.615. The third-order valence-electron chi connectivity index (χ3n) is 3.77. The summed E-state index contributed by atoms with van der Waals surface area (Å²) in [5, 5.41) is 38.9. The number of carboxylic acid groups (broad SMARTS) is 4. The van der Waals surface area contributed by atoms with Crippen LogP contribution in [0.3, 0.4) is 0 Å². The molecule has 0 saturated heterocycles. The van der Waals surface area contributed by atoms with E-state index in [1.807, 2.05) is 13.8 Å². The van der Waals surface area contributed by atoms with Crippen LogP contribution in [0.15, 0.2) is 0 Å². The number of hydrogen-bond acceptors (Lipinski definition) is 16. The van der Waals surface area contributed by atoms with Gasteiger partial charge in [-0.1, -0.05) is 26.7 Å². The summed E-state index contributed by atoms with van der Waals surface area (Å²) >= 11 is 0. The number of carboxylic acids is 4. The summed E-state index contributed by atoms with van der Waals surface area (Å²) in [5.41, 5.74) is 0. The van der Waals surface area contributed by atoms with Gasteiger partial charge in [0.25, 0.3) is 0 Å². The molecular formula is C26H36O16Zr. The molecule has 0 spiro atoms. The van der Waals surface area contributed by atoms with Gasteiger partial charge in [-0.3, -0.25) is 28.8 Å². The smallest absolute Gasteiger partial charge is 0.550 e. The normalized spacial score (nSPS) is 9.02. The van der Waals surface area contributed by atoms with E-state index in [9.17, 15) is 68.4 Å². The van der Waals surface area contributed by atoms with Crippen molar-refractivity contribution in [2.75, 3.05) is 26.4 Å². The van der Waals surface area contributed by atoms with Gasteiger partial charge in [-0.25, -0.2) is 0 Å². The molecule has 17 heteroatoms.